The Morgan fingerprint density at radius 1 is 1.35 bits per heavy atom. The summed E-state index contributed by atoms with van der Waals surface area (Å²) in [5, 5.41) is 13.5. The summed E-state index contributed by atoms with van der Waals surface area (Å²) in [6.07, 6.45) is 6.22. The molecule has 23 heavy (non-hydrogen) atoms. The highest BCUT2D eigenvalue weighted by Crippen LogP contribution is 2.24. The summed E-state index contributed by atoms with van der Waals surface area (Å²) in [4.78, 5) is 29.7. The molecule has 0 spiro atoms. The number of amides is 1. The highest BCUT2D eigenvalue weighted by atomic mass is 16.4. The lowest BCUT2D eigenvalue weighted by atomic mass is 9.92. The minimum atomic E-state index is -0.965. The van der Waals surface area contributed by atoms with E-state index in [2.05, 4.69) is 10.1 Å². The Labute approximate surface area is 133 Å². The molecule has 0 bridgehead atoms. The number of rotatable bonds is 3. The predicted octanol–water partition coefficient (Wildman–Crippen LogP) is 1.59. The molecule has 0 aromatic carbocycles. The summed E-state index contributed by atoms with van der Waals surface area (Å²) in [6.45, 7) is 2.44. The van der Waals surface area contributed by atoms with Crippen molar-refractivity contribution in [1.29, 1.82) is 0 Å². The molecule has 2 atom stereocenters. The van der Waals surface area contributed by atoms with Gasteiger partial charge in [0.15, 0.2) is 0 Å². The zero-order valence-electron chi connectivity index (χ0n) is 12.8. The summed E-state index contributed by atoms with van der Waals surface area (Å²) < 4.78 is 1.63. The number of carboxylic acid groups (broad SMARTS) is 1. The van der Waals surface area contributed by atoms with E-state index in [9.17, 15) is 14.7 Å². The van der Waals surface area contributed by atoms with E-state index in [-0.39, 0.29) is 11.6 Å². The van der Waals surface area contributed by atoms with Gasteiger partial charge in [0.1, 0.15) is 11.7 Å². The highest BCUT2D eigenvalue weighted by Gasteiger charge is 2.35. The van der Waals surface area contributed by atoms with Crippen molar-refractivity contribution in [3.05, 3.63) is 42.5 Å². The van der Waals surface area contributed by atoms with Gasteiger partial charge in [0.05, 0.1) is 5.69 Å². The lowest BCUT2D eigenvalue weighted by Crippen LogP contribution is -2.50. The monoisotopic (exact) mass is 314 g/mol. The third-order valence-corrected chi connectivity index (χ3v) is 4.14. The minimum absolute atomic E-state index is 0.235. The van der Waals surface area contributed by atoms with E-state index in [1.165, 1.54) is 11.1 Å². The van der Waals surface area contributed by atoms with Crippen LogP contribution in [0.1, 0.15) is 30.3 Å². The predicted molar refractivity (Wildman–Crippen MR) is 82.2 cm³/mol. The Morgan fingerprint density at radius 3 is 2.87 bits per heavy atom. The van der Waals surface area contributed by atoms with Crippen molar-refractivity contribution in [1.82, 2.24) is 19.7 Å². The average Bonchev–Trinajstić information content (AvgIpc) is 3.09. The van der Waals surface area contributed by atoms with Crippen LogP contribution < -0.4 is 0 Å². The number of aromatic nitrogens is 3. The van der Waals surface area contributed by atoms with Crippen molar-refractivity contribution in [3.8, 4) is 5.69 Å². The number of likely N-dealkylation sites (tertiary alicyclic amines) is 1. The van der Waals surface area contributed by atoms with E-state index in [0.717, 1.165) is 6.42 Å². The lowest BCUT2D eigenvalue weighted by molar-refractivity contribution is -0.144. The summed E-state index contributed by atoms with van der Waals surface area (Å²) in [5.74, 6) is -1.02. The zero-order chi connectivity index (χ0) is 16.4. The van der Waals surface area contributed by atoms with E-state index in [4.69, 9.17) is 0 Å². The van der Waals surface area contributed by atoms with Crippen LogP contribution in [0.4, 0.5) is 0 Å². The molecule has 1 aliphatic rings. The lowest BCUT2D eigenvalue weighted by Gasteiger charge is -2.35. The fourth-order valence-corrected chi connectivity index (χ4v) is 2.87. The van der Waals surface area contributed by atoms with Crippen molar-refractivity contribution in [2.75, 3.05) is 6.54 Å². The van der Waals surface area contributed by atoms with Gasteiger partial charge in [-0.2, -0.15) is 5.10 Å². The van der Waals surface area contributed by atoms with Crippen molar-refractivity contribution in [2.24, 2.45) is 5.92 Å². The molecule has 1 amide bonds. The van der Waals surface area contributed by atoms with Crippen LogP contribution in [0.25, 0.3) is 5.69 Å². The Morgan fingerprint density at radius 2 is 2.17 bits per heavy atom. The molecule has 3 heterocycles. The molecule has 2 aromatic rings. The highest BCUT2D eigenvalue weighted by molar-refractivity contribution is 5.95. The summed E-state index contributed by atoms with van der Waals surface area (Å²) >= 11 is 0. The minimum Gasteiger partial charge on any atom is -0.480 e. The van der Waals surface area contributed by atoms with Gasteiger partial charge in [0.2, 0.25) is 0 Å². The van der Waals surface area contributed by atoms with E-state index in [0.29, 0.717) is 24.6 Å². The van der Waals surface area contributed by atoms with Crippen LogP contribution in [0.3, 0.4) is 0 Å². The quantitative estimate of drug-likeness (QED) is 0.929. The van der Waals surface area contributed by atoms with E-state index >= 15 is 0 Å². The third kappa shape index (κ3) is 3.08. The van der Waals surface area contributed by atoms with Crippen LogP contribution >= 0.6 is 0 Å². The molecule has 7 heteroatoms. The van der Waals surface area contributed by atoms with Gasteiger partial charge >= 0.3 is 5.97 Å². The molecule has 120 valence electrons. The number of carboxylic acids is 1. The van der Waals surface area contributed by atoms with Crippen LogP contribution in [0.15, 0.2) is 36.8 Å². The maximum Gasteiger partial charge on any atom is 0.326 e. The number of nitrogens with zero attached hydrogens (tertiary/aromatic N) is 4. The molecule has 0 radical (unpaired) electrons. The van der Waals surface area contributed by atoms with Gasteiger partial charge in [0.25, 0.3) is 5.91 Å². The largest absolute Gasteiger partial charge is 0.480 e. The van der Waals surface area contributed by atoms with Crippen LogP contribution in [-0.4, -0.2) is 49.2 Å². The van der Waals surface area contributed by atoms with Crippen molar-refractivity contribution in [3.63, 3.8) is 0 Å². The number of hydrogen-bond acceptors (Lipinski definition) is 4. The van der Waals surface area contributed by atoms with Crippen LogP contribution in [0.5, 0.6) is 0 Å². The summed E-state index contributed by atoms with van der Waals surface area (Å²) in [5.41, 5.74) is 0.949. The molecule has 3 rings (SSSR count). The van der Waals surface area contributed by atoms with Gasteiger partial charge in [0, 0.05) is 25.1 Å². The van der Waals surface area contributed by atoms with Crippen molar-refractivity contribution < 1.29 is 14.7 Å². The molecule has 0 aliphatic carbocycles. The van der Waals surface area contributed by atoms with E-state index < -0.39 is 12.0 Å². The first-order valence-electron chi connectivity index (χ1n) is 7.56. The van der Waals surface area contributed by atoms with Gasteiger partial charge < -0.3 is 10.0 Å². The zero-order valence-corrected chi connectivity index (χ0v) is 12.8. The molecule has 7 nitrogen and oxygen atoms in total. The van der Waals surface area contributed by atoms with Crippen LogP contribution in [0, 0.1) is 5.92 Å². The standard InChI is InChI=1S/C16H18N4O3/c1-11-4-8-19(14(9-11)16(22)23)15(21)13-10-12(3-6-17-13)20-7-2-5-18-20/h2-3,5-7,10-11,14H,4,8-9H2,1H3,(H,22,23). The number of carbonyl (C=O) groups excluding carboxylic acids is 1. The molecule has 2 aromatic heterocycles. The smallest absolute Gasteiger partial charge is 0.326 e. The second-order valence-corrected chi connectivity index (χ2v) is 5.83. The maximum absolute atomic E-state index is 12.7. The SMILES string of the molecule is CC1CCN(C(=O)c2cc(-n3cccn3)ccn2)C(C(=O)O)C1. The Hall–Kier alpha value is -2.70. The van der Waals surface area contributed by atoms with Crippen molar-refractivity contribution in [2.45, 2.75) is 25.8 Å². The second-order valence-electron chi connectivity index (χ2n) is 5.83. The molecule has 2 unspecified atom stereocenters. The number of pyridine rings is 1. The topological polar surface area (TPSA) is 88.3 Å². The van der Waals surface area contributed by atoms with Crippen molar-refractivity contribution >= 4 is 11.9 Å². The first kappa shape index (κ1) is 15.2. The van der Waals surface area contributed by atoms with Crippen LogP contribution in [-0.2, 0) is 4.79 Å². The summed E-state index contributed by atoms with van der Waals surface area (Å²) in [7, 11) is 0. The Kier molecular flexibility index (Phi) is 4.10. The first-order chi connectivity index (χ1) is 11.1. The normalized spacial score (nSPS) is 21.2. The van der Waals surface area contributed by atoms with E-state index in [1.54, 1.807) is 35.3 Å². The molecule has 1 aliphatic heterocycles. The number of aliphatic carboxylic acids is 1. The van der Waals surface area contributed by atoms with Gasteiger partial charge in [-0.25, -0.2) is 9.48 Å². The molecule has 0 saturated carbocycles. The number of hydrogen-bond donors (Lipinski definition) is 1. The molecular weight excluding hydrogens is 296 g/mol. The van der Waals surface area contributed by atoms with Gasteiger partial charge in [-0.3, -0.25) is 9.78 Å². The number of piperidine rings is 1. The van der Waals surface area contributed by atoms with Crippen LogP contribution in [0.2, 0.25) is 0 Å². The Balaban J connectivity index is 1.87. The fourth-order valence-electron chi connectivity index (χ4n) is 2.87. The third-order valence-electron chi connectivity index (χ3n) is 4.14. The number of carbonyl (C=O) groups is 2. The van der Waals surface area contributed by atoms with Gasteiger partial charge in [-0.05, 0) is 37.0 Å². The average molecular weight is 314 g/mol. The first-order valence-corrected chi connectivity index (χ1v) is 7.56. The summed E-state index contributed by atoms with van der Waals surface area (Å²) in [6, 6.07) is 4.37. The fraction of sp³-hybridized carbons (Fsp3) is 0.375. The van der Waals surface area contributed by atoms with Gasteiger partial charge in [-0.15, -0.1) is 0 Å². The molecule has 1 saturated heterocycles. The van der Waals surface area contributed by atoms with Gasteiger partial charge in [-0.1, -0.05) is 6.92 Å². The molecule has 1 N–H and O–H groups in total. The maximum atomic E-state index is 12.7. The van der Waals surface area contributed by atoms with E-state index in [1.807, 2.05) is 6.92 Å². The molecular formula is C16H18N4O3. The molecule has 1 fully saturated rings. The second kappa shape index (κ2) is 6.20. The Bertz CT molecular complexity index is 714.